The Balaban J connectivity index is 1.69. The molecule has 124 valence electrons. The Labute approximate surface area is 140 Å². The highest BCUT2D eigenvalue weighted by molar-refractivity contribution is 5.95. The lowest BCUT2D eigenvalue weighted by atomic mass is 10.2. The van der Waals surface area contributed by atoms with E-state index >= 15 is 0 Å². The molecule has 6 nitrogen and oxygen atoms in total. The standard InChI is InChI=1S/C18H20N4O2/c1-13-4-2-7-17-21-16(12-22(13)17)11-20-15-6-3-5-14(10-15)18(24)19-8-9-23/h2-7,10,12,20,23H,8-9,11H2,1H3,(H,19,24). The van der Waals surface area contributed by atoms with Crippen LogP contribution < -0.4 is 10.6 Å². The first-order chi connectivity index (χ1) is 11.7. The van der Waals surface area contributed by atoms with Gasteiger partial charge < -0.3 is 20.1 Å². The average Bonchev–Trinajstić information content (AvgIpc) is 3.03. The van der Waals surface area contributed by atoms with Crippen LogP contribution in [0.1, 0.15) is 21.7 Å². The lowest BCUT2D eigenvalue weighted by Crippen LogP contribution is -2.26. The van der Waals surface area contributed by atoms with Crippen molar-refractivity contribution >= 4 is 17.2 Å². The average molecular weight is 324 g/mol. The molecular weight excluding hydrogens is 304 g/mol. The number of pyridine rings is 1. The summed E-state index contributed by atoms with van der Waals surface area (Å²) in [4.78, 5) is 16.5. The van der Waals surface area contributed by atoms with E-state index in [1.54, 1.807) is 12.1 Å². The normalized spacial score (nSPS) is 10.8. The van der Waals surface area contributed by atoms with Gasteiger partial charge in [-0.3, -0.25) is 4.79 Å². The minimum absolute atomic E-state index is 0.0724. The van der Waals surface area contributed by atoms with Crippen molar-refractivity contribution in [1.29, 1.82) is 0 Å². The van der Waals surface area contributed by atoms with Crippen LogP contribution >= 0.6 is 0 Å². The molecule has 0 radical (unpaired) electrons. The predicted molar refractivity (Wildman–Crippen MR) is 93.1 cm³/mol. The lowest BCUT2D eigenvalue weighted by Gasteiger charge is -2.07. The molecule has 0 saturated heterocycles. The summed E-state index contributed by atoms with van der Waals surface area (Å²) >= 11 is 0. The van der Waals surface area contributed by atoms with Crippen molar-refractivity contribution in [2.75, 3.05) is 18.5 Å². The maximum atomic E-state index is 11.9. The molecule has 2 aromatic heterocycles. The maximum absolute atomic E-state index is 11.9. The van der Waals surface area contributed by atoms with Gasteiger partial charge in [-0.1, -0.05) is 12.1 Å². The topological polar surface area (TPSA) is 78.7 Å². The molecule has 24 heavy (non-hydrogen) atoms. The quantitative estimate of drug-likeness (QED) is 0.648. The van der Waals surface area contributed by atoms with Crippen LogP contribution in [0.3, 0.4) is 0 Å². The second-order valence-corrected chi connectivity index (χ2v) is 5.54. The fraction of sp³-hybridized carbons (Fsp3) is 0.222. The minimum atomic E-state index is -0.198. The van der Waals surface area contributed by atoms with Crippen molar-refractivity contribution in [1.82, 2.24) is 14.7 Å². The third-order valence-corrected chi connectivity index (χ3v) is 3.74. The van der Waals surface area contributed by atoms with E-state index in [9.17, 15) is 4.79 Å². The summed E-state index contributed by atoms with van der Waals surface area (Å²) in [6.45, 7) is 2.79. The number of aliphatic hydroxyl groups is 1. The van der Waals surface area contributed by atoms with E-state index in [0.29, 0.717) is 12.1 Å². The Morgan fingerprint density at radius 3 is 2.88 bits per heavy atom. The third kappa shape index (κ3) is 3.55. The van der Waals surface area contributed by atoms with Crippen molar-refractivity contribution in [3.63, 3.8) is 0 Å². The summed E-state index contributed by atoms with van der Waals surface area (Å²) < 4.78 is 2.05. The molecule has 0 spiro atoms. The second-order valence-electron chi connectivity index (χ2n) is 5.54. The fourth-order valence-corrected chi connectivity index (χ4v) is 2.52. The molecule has 2 heterocycles. The molecule has 3 N–H and O–H groups in total. The molecule has 0 aliphatic heterocycles. The van der Waals surface area contributed by atoms with Gasteiger partial charge >= 0.3 is 0 Å². The van der Waals surface area contributed by atoms with E-state index in [2.05, 4.69) is 20.0 Å². The van der Waals surface area contributed by atoms with E-state index in [4.69, 9.17) is 5.11 Å². The van der Waals surface area contributed by atoms with Gasteiger partial charge in [0.1, 0.15) is 5.65 Å². The van der Waals surface area contributed by atoms with Crippen LogP contribution in [0, 0.1) is 6.92 Å². The Hall–Kier alpha value is -2.86. The van der Waals surface area contributed by atoms with Crippen molar-refractivity contribution in [2.45, 2.75) is 13.5 Å². The second kappa shape index (κ2) is 7.14. The van der Waals surface area contributed by atoms with Crippen LogP contribution in [0.15, 0.2) is 48.7 Å². The number of anilines is 1. The van der Waals surface area contributed by atoms with E-state index < -0.39 is 0 Å². The molecule has 1 amide bonds. The third-order valence-electron chi connectivity index (χ3n) is 3.74. The summed E-state index contributed by atoms with van der Waals surface area (Å²) in [5, 5.41) is 14.7. The van der Waals surface area contributed by atoms with E-state index in [0.717, 1.165) is 22.7 Å². The van der Waals surface area contributed by atoms with Crippen LogP contribution in [-0.2, 0) is 6.54 Å². The smallest absolute Gasteiger partial charge is 0.251 e. The number of imidazole rings is 1. The number of nitrogens with one attached hydrogen (secondary N) is 2. The number of hydrogen-bond acceptors (Lipinski definition) is 4. The Bertz CT molecular complexity index is 857. The van der Waals surface area contributed by atoms with Gasteiger partial charge in [0.05, 0.1) is 18.8 Å². The number of aryl methyl sites for hydroxylation is 1. The Morgan fingerprint density at radius 1 is 1.25 bits per heavy atom. The first-order valence-electron chi connectivity index (χ1n) is 7.84. The van der Waals surface area contributed by atoms with Gasteiger partial charge in [0.15, 0.2) is 0 Å². The highest BCUT2D eigenvalue weighted by Gasteiger charge is 2.06. The van der Waals surface area contributed by atoms with Crippen LogP contribution in [0.25, 0.3) is 5.65 Å². The van der Waals surface area contributed by atoms with Crippen LogP contribution in [0.4, 0.5) is 5.69 Å². The van der Waals surface area contributed by atoms with E-state index in [1.807, 2.05) is 43.5 Å². The zero-order valence-corrected chi connectivity index (χ0v) is 13.5. The van der Waals surface area contributed by atoms with Gasteiger partial charge in [-0.15, -0.1) is 0 Å². The molecule has 0 aliphatic rings. The minimum Gasteiger partial charge on any atom is -0.395 e. The molecule has 3 rings (SSSR count). The highest BCUT2D eigenvalue weighted by atomic mass is 16.3. The predicted octanol–water partition coefficient (Wildman–Crippen LogP) is 1.98. The number of benzene rings is 1. The molecule has 6 heteroatoms. The monoisotopic (exact) mass is 324 g/mol. The maximum Gasteiger partial charge on any atom is 0.251 e. The van der Waals surface area contributed by atoms with Gasteiger partial charge in [0.25, 0.3) is 5.91 Å². The summed E-state index contributed by atoms with van der Waals surface area (Å²) in [6.07, 6.45) is 2.01. The summed E-state index contributed by atoms with van der Waals surface area (Å²) in [7, 11) is 0. The van der Waals surface area contributed by atoms with Crippen molar-refractivity contribution < 1.29 is 9.90 Å². The molecule has 0 bridgehead atoms. The first kappa shape index (κ1) is 16.0. The highest BCUT2D eigenvalue weighted by Crippen LogP contribution is 2.13. The molecule has 0 atom stereocenters. The molecule has 3 aromatic rings. The molecule has 0 fully saturated rings. The van der Waals surface area contributed by atoms with Crippen molar-refractivity contribution in [2.24, 2.45) is 0 Å². The number of aliphatic hydroxyl groups excluding tert-OH is 1. The van der Waals surface area contributed by atoms with Gasteiger partial charge in [0, 0.05) is 29.7 Å². The number of aromatic nitrogens is 2. The summed E-state index contributed by atoms with van der Waals surface area (Å²) in [5.41, 5.74) is 4.39. The summed E-state index contributed by atoms with van der Waals surface area (Å²) in [6, 6.07) is 13.3. The van der Waals surface area contributed by atoms with Crippen LogP contribution in [0.5, 0.6) is 0 Å². The number of fused-ring (bicyclic) bond motifs is 1. The number of nitrogens with zero attached hydrogens (tertiary/aromatic N) is 2. The van der Waals surface area contributed by atoms with Gasteiger partial charge in [-0.25, -0.2) is 4.98 Å². The SMILES string of the molecule is Cc1cccc2nc(CNc3cccc(C(=O)NCCO)c3)cn12. The van der Waals surface area contributed by atoms with Crippen LogP contribution in [0.2, 0.25) is 0 Å². The molecule has 1 aromatic carbocycles. The van der Waals surface area contributed by atoms with E-state index in [1.165, 1.54) is 0 Å². The van der Waals surface area contributed by atoms with Gasteiger partial charge in [-0.2, -0.15) is 0 Å². The first-order valence-corrected chi connectivity index (χ1v) is 7.84. The summed E-state index contributed by atoms with van der Waals surface area (Å²) in [5.74, 6) is -0.198. The molecule has 0 aliphatic carbocycles. The Kier molecular flexibility index (Phi) is 4.77. The largest absolute Gasteiger partial charge is 0.395 e. The molecular formula is C18H20N4O2. The number of amides is 1. The molecule has 0 unspecified atom stereocenters. The zero-order chi connectivity index (χ0) is 16.9. The van der Waals surface area contributed by atoms with E-state index in [-0.39, 0.29) is 19.1 Å². The molecule has 0 saturated carbocycles. The zero-order valence-electron chi connectivity index (χ0n) is 13.5. The van der Waals surface area contributed by atoms with Gasteiger partial charge in [0.2, 0.25) is 0 Å². The number of hydrogen-bond donors (Lipinski definition) is 3. The fourth-order valence-electron chi connectivity index (χ4n) is 2.52. The van der Waals surface area contributed by atoms with Crippen LogP contribution in [-0.4, -0.2) is 33.6 Å². The van der Waals surface area contributed by atoms with Crippen molar-refractivity contribution in [3.05, 3.63) is 65.6 Å². The van der Waals surface area contributed by atoms with Crippen molar-refractivity contribution in [3.8, 4) is 0 Å². The number of rotatable bonds is 6. The number of carbonyl (C=O) groups is 1. The Morgan fingerprint density at radius 2 is 2.08 bits per heavy atom. The van der Waals surface area contributed by atoms with Gasteiger partial charge in [-0.05, 0) is 37.3 Å². The lowest BCUT2D eigenvalue weighted by molar-refractivity contribution is 0.0945. The number of carbonyl (C=O) groups excluding carboxylic acids is 1.